The van der Waals surface area contributed by atoms with Crippen LogP contribution < -0.4 is 9.47 Å². The zero-order valence-electron chi connectivity index (χ0n) is 24.7. The second-order valence-electron chi connectivity index (χ2n) is 13.6. The fourth-order valence-electron chi connectivity index (χ4n) is 7.69. The van der Waals surface area contributed by atoms with Gasteiger partial charge in [-0.2, -0.15) is 0 Å². The van der Waals surface area contributed by atoms with E-state index in [4.69, 9.17) is 14.2 Å². The van der Waals surface area contributed by atoms with Gasteiger partial charge >= 0.3 is 0 Å². The highest BCUT2D eigenvalue weighted by Gasteiger charge is 2.81. The summed E-state index contributed by atoms with van der Waals surface area (Å²) in [4.78, 5) is 40.2. The van der Waals surface area contributed by atoms with Crippen LogP contribution in [0.4, 0.5) is 0 Å². The first-order valence-electron chi connectivity index (χ1n) is 14.3. The Kier molecular flexibility index (Phi) is 5.89. The number of carbonyl (C=O) groups excluding carboxylic acids is 3. The zero-order chi connectivity index (χ0) is 29.9. The summed E-state index contributed by atoms with van der Waals surface area (Å²) in [7, 11) is 0. The Hall–Kier alpha value is -3.23. The van der Waals surface area contributed by atoms with Crippen molar-refractivity contribution in [2.75, 3.05) is 0 Å². The molecule has 1 saturated carbocycles. The molecule has 1 saturated heterocycles. The molecular formula is C33H38O8. The van der Waals surface area contributed by atoms with Crippen LogP contribution in [0.3, 0.4) is 0 Å². The molecule has 0 amide bonds. The third-order valence-corrected chi connectivity index (χ3v) is 9.72. The van der Waals surface area contributed by atoms with E-state index >= 15 is 0 Å². The molecule has 0 aromatic heterocycles. The zero-order valence-corrected chi connectivity index (χ0v) is 24.7. The molecule has 218 valence electrons. The van der Waals surface area contributed by atoms with Crippen LogP contribution in [0.5, 0.6) is 17.2 Å². The van der Waals surface area contributed by atoms with E-state index in [1.54, 1.807) is 32.9 Å². The number of hydrogen-bond acceptors (Lipinski definition) is 8. The monoisotopic (exact) mass is 562 g/mol. The van der Waals surface area contributed by atoms with E-state index in [1.165, 1.54) is 0 Å². The van der Waals surface area contributed by atoms with Gasteiger partial charge in [-0.05, 0) is 66.9 Å². The minimum atomic E-state index is -1.52. The summed E-state index contributed by atoms with van der Waals surface area (Å²) in [5.74, 6) is -1.05. The van der Waals surface area contributed by atoms with Crippen molar-refractivity contribution >= 4 is 17.9 Å². The molecule has 2 N–H and O–H groups in total. The smallest absolute Gasteiger partial charge is 0.200 e. The van der Waals surface area contributed by atoms with E-state index in [0.717, 1.165) is 11.9 Å². The van der Waals surface area contributed by atoms with Crippen LogP contribution in [0.25, 0.3) is 0 Å². The molecule has 3 aliphatic carbocycles. The normalized spacial score (nSPS) is 32.4. The first-order chi connectivity index (χ1) is 19.1. The standard InChI is InChI=1S/C33H38O8/c1-16(2)8-9-19-25(35)24-26(36)21-12-18-13-22-31(6,7)41-32(29(18)37,11-10-17(3)15-34)33(21,22)40-28(24)20-14-23(30(4,5)38)39-27(19)20/h8,10,12,15,18,22-23,35,38H,9,11,13-14H2,1-7H3. The molecule has 4 bridgehead atoms. The Morgan fingerprint density at radius 1 is 1.15 bits per heavy atom. The lowest BCUT2D eigenvalue weighted by atomic mass is 9.51. The van der Waals surface area contributed by atoms with Crippen LogP contribution in [0.15, 0.2) is 34.9 Å². The molecule has 1 aromatic carbocycles. The van der Waals surface area contributed by atoms with Gasteiger partial charge in [0.1, 0.15) is 35.2 Å². The molecule has 6 aliphatic rings. The van der Waals surface area contributed by atoms with Crippen molar-refractivity contribution in [1.82, 2.24) is 0 Å². The predicted octanol–water partition coefficient (Wildman–Crippen LogP) is 4.52. The van der Waals surface area contributed by atoms with E-state index in [-0.39, 0.29) is 47.4 Å². The van der Waals surface area contributed by atoms with Crippen molar-refractivity contribution in [1.29, 1.82) is 0 Å². The van der Waals surface area contributed by atoms with Gasteiger partial charge in [0.2, 0.25) is 0 Å². The van der Waals surface area contributed by atoms with E-state index in [0.29, 0.717) is 40.9 Å². The van der Waals surface area contributed by atoms with Crippen molar-refractivity contribution in [3.63, 3.8) is 0 Å². The second-order valence-corrected chi connectivity index (χ2v) is 13.6. The van der Waals surface area contributed by atoms with E-state index < -0.39 is 34.4 Å². The van der Waals surface area contributed by atoms with Gasteiger partial charge in [0.15, 0.2) is 22.8 Å². The highest BCUT2D eigenvalue weighted by molar-refractivity contribution is 6.18. The highest BCUT2D eigenvalue weighted by atomic mass is 16.6. The number of aromatic hydroxyl groups is 1. The minimum Gasteiger partial charge on any atom is -0.507 e. The average Bonchev–Trinajstić information content (AvgIpc) is 3.40. The predicted molar refractivity (Wildman–Crippen MR) is 150 cm³/mol. The minimum absolute atomic E-state index is 0.0600. The summed E-state index contributed by atoms with van der Waals surface area (Å²) in [6.07, 6.45) is 6.55. The number of ether oxygens (including phenoxy) is 3. The molecular weight excluding hydrogens is 524 g/mol. The Morgan fingerprint density at radius 2 is 1.85 bits per heavy atom. The fourth-order valence-corrected chi connectivity index (χ4v) is 7.69. The van der Waals surface area contributed by atoms with Gasteiger partial charge in [-0.3, -0.25) is 14.4 Å². The van der Waals surface area contributed by atoms with Crippen molar-refractivity contribution in [2.24, 2.45) is 11.8 Å². The second kappa shape index (κ2) is 8.65. The molecule has 8 nitrogen and oxygen atoms in total. The summed E-state index contributed by atoms with van der Waals surface area (Å²) >= 11 is 0. The molecule has 8 heteroatoms. The molecule has 1 spiro atoms. The number of fused-ring (bicyclic) bond motifs is 3. The third-order valence-electron chi connectivity index (χ3n) is 9.72. The molecule has 1 aromatic rings. The lowest BCUT2D eigenvalue weighted by Crippen LogP contribution is -2.72. The number of allylic oxidation sites excluding steroid dienone is 4. The number of rotatable bonds is 6. The number of ketones is 2. The van der Waals surface area contributed by atoms with Crippen LogP contribution in [-0.4, -0.2) is 56.6 Å². The molecule has 2 fully saturated rings. The van der Waals surface area contributed by atoms with Crippen molar-refractivity contribution in [3.05, 3.63) is 51.6 Å². The highest BCUT2D eigenvalue weighted by Crippen LogP contribution is 2.68. The van der Waals surface area contributed by atoms with E-state index in [9.17, 15) is 24.6 Å². The van der Waals surface area contributed by atoms with Gasteiger partial charge in [0.05, 0.1) is 11.2 Å². The van der Waals surface area contributed by atoms with Crippen molar-refractivity contribution in [3.8, 4) is 17.2 Å². The van der Waals surface area contributed by atoms with Crippen LogP contribution in [0, 0.1) is 11.8 Å². The maximum atomic E-state index is 14.5. The number of aldehydes is 1. The summed E-state index contributed by atoms with van der Waals surface area (Å²) < 4.78 is 20.0. The molecule has 5 unspecified atom stereocenters. The Morgan fingerprint density at radius 3 is 2.49 bits per heavy atom. The van der Waals surface area contributed by atoms with Crippen LogP contribution in [-0.2, 0) is 27.2 Å². The molecule has 41 heavy (non-hydrogen) atoms. The van der Waals surface area contributed by atoms with Gasteiger partial charge in [0.25, 0.3) is 0 Å². The molecule has 3 heterocycles. The molecule has 0 radical (unpaired) electrons. The van der Waals surface area contributed by atoms with Gasteiger partial charge < -0.3 is 24.4 Å². The topological polar surface area (TPSA) is 119 Å². The summed E-state index contributed by atoms with van der Waals surface area (Å²) in [6.45, 7) is 12.7. The van der Waals surface area contributed by atoms with Crippen LogP contribution in [0.1, 0.15) is 82.8 Å². The van der Waals surface area contributed by atoms with Gasteiger partial charge in [-0.25, -0.2) is 0 Å². The summed E-state index contributed by atoms with van der Waals surface area (Å²) in [5, 5.41) is 22.5. The molecule has 5 atom stereocenters. The van der Waals surface area contributed by atoms with Crippen molar-refractivity contribution in [2.45, 2.75) is 103 Å². The summed E-state index contributed by atoms with van der Waals surface area (Å²) in [6, 6.07) is 0. The lowest BCUT2D eigenvalue weighted by molar-refractivity contribution is -0.171. The quantitative estimate of drug-likeness (QED) is 0.295. The van der Waals surface area contributed by atoms with Gasteiger partial charge in [0, 0.05) is 41.4 Å². The number of aliphatic hydroxyl groups is 1. The largest absolute Gasteiger partial charge is 0.507 e. The third kappa shape index (κ3) is 3.56. The SMILES string of the molecule is CC(C)=CCc1c(O)c2c(c3c1OC(C(C)(C)O)C3)OC13C(=CC4CC1C(C)(C)OC3(CC=C(C)C=O)C4=O)C2=O. The first-order valence-corrected chi connectivity index (χ1v) is 14.3. The van der Waals surface area contributed by atoms with E-state index in [1.807, 2.05) is 33.8 Å². The Balaban J connectivity index is 1.62. The van der Waals surface area contributed by atoms with Crippen molar-refractivity contribution < 1.29 is 38.8 Å². The fraction of sp³-hybridized carbons (Fsp3) is 0.545. The Labute approximate surface area is 240 Å². The number of carbonyl (C=O) groups is 3. The number of phenolic OH excluding ortho intramolecular Hbond substituents is 1. The van der Waals surface area contributed by atoms with Gasteiger partial charge in [-0.15, -0.1) is 0 Å². The first kappa shape index (κ1) is 27.9. The summed E-state index contributed by atoms with van der Waals surface area (Å²) in [5.41, 5.74) is -2.05. The number of hydrogen-bond donors (Lipinski definition) is 2. The maximum absolute atomic E-state index is 14.5. The van der Waals surface area contributed by atoms with E-state index in [2.05, 4.69) is 0 Å². The number of benzene rings is 1. The molecule has 3 aliphatic heterocycles. The maximum Gasteiger partial charge on any atom is 0.200 e. The number of Topliss-reactive ketones (excluding diaryl/α,β-unsaturated/α-hetero) is 2. The number of phenols is 1. The molecule has 7 rings (SSSR count). The van der Waals surface area contributed by atoms with Gasteiger partial charge in [-0.1, -0.05) is 23.8 Å². The average molecular weight is 563 g/mol. The Bertz CT molecular complexity index is 1500. The lowest BCUT2D eigenvalue weighted by Gasteiger charge is -2.56. The van der Waals surface area contributed by atoms with Crippen LogP contribution in [0.2, 0.25) is 0 Å². The van der Waals surface area contributed by atoms with Crippen LogP contribution >= 0.6 is 0 Å².